The Morgan fingerprint density at radius 3 is 2.35 bits per heavy atom. The number of hydrogen-bond donors (Lipinski definition) is 1. The van der Waals surface area contributed by atoms with Gasteiger partial charge in [-0.1, -0.05) is 71.9 Å². The first-order chi connectivity index (χ1) is 15.3. The van der Waals surface area contributed by atoms with Crippen LogP contribution in [0, 0.1) is 0 Å². The van der Waals surface area contributed by atoms with Gasteiger partial charge in [-0.2, -0.15) is 0 Å². The normalized spacial score (nSPS) is 14.6. The van der Waals surface area contributed by atoms with Crippen LogP contribution in [-0.2, 0) is 6.54 Å². The topological polar surface area (TPSA) is 45.1 Å². The summed E-state index contributed by atoms with van der Waals surface area (Å²) in [6.45, 7) is 3.98. The molecule has 0 aliphatic carbocycles. The van der Waals surface area contributed by atoms with Crippen LogP contribution in [0.25, 0.3) is 11.1 Å². The average Bonchev–Trinajstić information content (AvgIpc) is 3.33. The molecule has 4 heteroatoms. The quantitative estimate of drug-likeness (QED) is 0.203. The molecule has 0 amide bonds. The zero-order valence-corrected chi connectivity index (χ0v) is 17.9. The van der Waals surface area contributed by atoms with Gasteiger partial charge in [-0.15, -0.1) is 0 Å². The lowest BCUT2D eigenvalue weighted by atomic mass is 10.0. The number of hydrogen-bond acceptors (Lipinski definition) is 4. The highest BCUT2D eigenvalue weighted by molar-refractivity contribution is 6.00. The van der Waals surface area contributed by atoms with Crippen LogP contribution in [0.5, 0.6) is 5.75 Å². The third kappa shape index (κ3) is 5.96. The lowest BCUT2D eigenvalue weighted by molar-refractivity contribution is 0.304. The van der Waals surface area contributed by atoms with Gasteiger partial charge in [-0.3, -0.25) is 4.90 Å². The van der Waals surface area contributed by atoms with E-state index in [0.717, 1.165) is 29.8 Å². The second kappa shape index (κ2) is 10.8. The third-order valence-electron chi connectivity index (χ3n) is 5.78. The molecule has 0 atom stereocenters. The predicted molar refractivity (Wildman–Crippen MR) is 126 cm³/mol. The van der Waals surface area contributed by atoms with Crippen molar-refractivity contribution in [3.8, 4) is 16.9 Å². The molecule has 3 aromatic rings. The van der Waals surface area contributed by atoms with Crippen LogP contribution in [-0.4, -0.2) is 35.5 Å². The van der Waals surface area contributed by atoms with Crippen LogP contribution in [0.1, 0.15) is 36.8 Å². The maximum absolute atomic E-state index is 9.50. The van der Waals surface area contributed by atoms with Crippen molar-refractivity contribution in [3.05, 3.63) is 90.0 Å². The Labute approximate surface area is 184 Å². The molecule has 0 unspecified atom stereocenters. The van der Waals surface area contributed by atoms with Crippen LogP contribution >= 0.6 is 0 Å². The third-order valence-corrected chi connectivity index (χ3v) is 5.78. The number of oxime groups is 1. The van der Waals surface area contributed by atoms with Gasteiger partial charge in [0.25, 0.3) is 0 Å². The molecule has 0 saturated carbocycles. The predicted octanol–water partition coefficient (Wildman–Crippen LogP) is 5.99. The molecule has 31 heavy (non-hydrogen) atoms. The standard InChI is InChI=1S/C27H30N2O2/c30-28-27(25-15-13-24(14-16-25)23-9-2-1-3-10-23)12-7-19-31-26-11-6-8-22(20-26)21-29-17-4-5-18-29/h1-3,6,8-11,13-16,20,30H,4-5,7,12,17-19,21H2/b28-27+. The van der Waals surface area contributed by atoms with E-state index in [4.69, 9.17) is 4.74 Å². The fraction of sp³-hybridized carbons (Fsp3) is 0.296. The zero-order valence-electron chi connectivity index (χ0n) is 17.9. The van der Waals surface area contributed by atoms with E-state index >= 15 is 0 Å². The van der Waals surface area contributed by atoms with Gasteiger partial charge in [0.2, 0.25) is 0 Å². The Balaban J connectivity index is 1.27. The number of likely N-dealkylation sites (tertiary alicyclic amines) is 1. The number of benzene rings is 3. The summed E-state index contributed by atoms with van der Waals surface area (Å²) in [6, 6.07) is 26.8. The van der Waals surface area contributed by atoms with Crippen LogP contribution < -0.4 is 4.74 Å². The lowest BCUT2D eigenvalue weighted by Gasteiger charge is -2.15. The van der Waals surface area contributed by atoms with Crippen LogP contribution in [0.4, 0.5) is 0 Å². The van der Waals surface area contributed by atoms with E-state index < -0.39 is 0 Å². The molecule has 0 spiro atoms. The van der Waals surface area contributed by atoms with Gasteiger partial charge in [-0.05, 0) is 73.2 Å². The van der Waals surface area contributed by atoms with Gasteiger partial charge in [0.05, 0.1) is 12.3 Å². The summed E-state index contributed by atoms with van der Waals surface area (Å²) in [4.78, 5) is 2.49. The Hall–Kier alpha value is -3.11. The molecule has 0 radical (unpaired) electrons. The summed E-state index contributed by atoms with van der Waals surface area (Å²) in [5.41, 5.74) is 5.26. The van der Waals surface area contributed by atoms with Gasteiger partial charge in [0, 0.05) is 6.54 Å². The molecule has 0 aromatic heterocycles. The molecular weight excluding hydrogens is 384 g/mol. The first-order valence-electron chi connectivity index (χ1n) is 11.1. The van der Waals surface area contributed by atoms with E-state index in [1.165, 1.54) is 37.1 Å². The molecule has 1 heterocycles. The Kier molecular flexibility index (Phi) is 7.35. The molecule has 1 fully saturated rings. The molecule has 0 bridgehead atoms. The molecule has 1 saturated heterocycles. The van der Waals surface area contributed by atoms with E-state index in [0.29, 0.717) is 18.7 Å². The fourth-order valence-corrected chi connectivity index (χ4v) is 4.10. The minimum absolute atomic E-state index is 0.592. The van der Waals surface area contributed by atoms with Crippen molar-refractivity contribution in [2.24, 2.45) is 5.16 Å². The van der Waals surface area contributed by atoms with E-state index in [9.17, 15) is 5.21 Å². The molecule has 160 valence electrons. The first kappa shape index (κ1) is 21.1. The highest BCUT2D eigenvalue weighted by atomic mass is 16.5. The lowest BCUT2D eigenvalue weighted by Crippen LogP contribution is -2.18. The van der Waals surface area contributed by atoms with Gasteiger partial charge in [0.1, 0.15) is 5.75 Å². The van der Waals surface area contributed by atoms with Crippen molar-refractivity contribution in [2.75, 3.05) is 19.7 Å². The Morgan fingerprint density at radius 2 is 1.61 bits per heavy atom. The fourth-order valence-electron chi connectivity index (χ4n) is 4.10. The minimum atomic E-state index is 0.592. The van der Waals surface area contributed by atoms with Crippen LogP contribution in [0.15, 0.2) is 84.0 Å². The summed E-state index contributed by atoms with van der Waals surface area (Å²) in [5.74, 6) is 0.909. The number of rotatable bonds is 9. The monoisotopic (exact) mass is 414 g/mol. The van der Waals surface area contributed by atoms with E-state index in [1.807, 2.05) is 36.4 Å². The van der Waals surface area contributed by atoms with Crippen molar-refractivity contribution >= 4 is 5.71 Å². The molecule has 4 rings (SSSR count). The number of nitrogens with zero attached hydrogens (tertiary/aromatic N) is 2. The molecule has 1 aliphatic rings. The van der Waals surface area contributed by atoms with Gasteiger partial charge in [-0.25, -0.2) is 0 Å². The largest absolute Gasteiger partial charge is 0.494 e. The SMILES string of the molecule is O/N=C(\CCCOc1cccc(CN2CCCC2)c1)c1ccc(-c2ccccc2)cc1. The number of ether oxygens (including phenoxy) is 1. The van der Waals surface area contributed by atoms with Crippen molar-refractivity contribution in [2.45, 2.75) is 32.2 Å². The Morgan fingerprint density at radius 1 is 0.871 bits per heavy atom. The first-order valence-corrected chi connectivity index (χ1v) is 11.1. The maximum atomic E-state index is 9.50. The van der Waals surface area contributed by atoms with Crippen molar-refractivity contribution in [1.82, 2.24) is 4.90 Å². The summed E-state index contributed by atoms with van der Waals surface area (Å²) in [6.07, 6.45) is 4.06. The zero-order chi connectivity index (χ0) is 21.3. The molecule has 4 nitrogen and oxygen atoms in total. The van der Waals surface area contributed by atoms with Gasteiger partial charge < -0.3 is 9.94 Å². The molecule has 1 aliphatic heterocycles. The van der Waals surface area contributed by atoms with Gasteiger partial charge >= 0.3 is 0 Å². The molecular formula is C27H30N2O2. The minimum Gasteiger partial charge on any atom is -0.494 e. The second-order valence-corrected chi connectivity index (χ2v) is 8.07. The van der Waals surface area contributed by atoms with Crippen molar-refractivity contribution in [1.29, 1.82) is 0 Å². The smallest absolute Gasteiger partial charge is 0.119 e. The van der Waals surface area contributed by atoms with E-state index in [2.05, 4.69) is 52.5 Å². The highest BCUT2D eigenvalue weighted by Gasteiger charge is 2.12. The van der Waals surface area contributed by atoms with Gasteiger partial charge in [0.15, 0.2) is 0 Å². The highest BCUT2D eigenvalue weighted by Crippen LogP contribution is 2.21. The summed E-state index contributed by atoms with van der Waals surface area (Å²) in [7, 11) is 0. The summed E-state index contributed by atoms with van der Waals surface area (Å²) < 4.78 is 5.96. The van der Waals surface area contributed by atoms with E-state index in [-0.39, 0.29) is 0 Å². The van der Waals surface area contributed by atoms with Crippen molar-refractivity contribution in [3.63, 3.8) is 0 Å². The Bertz CT molecular complexity index is 978. The summed E-state index contributed by atoms with van der Waals surface area (Å²) >= 11 is 0. The average molecular weight is 415 g/mol. The molecule has 3 aromatic carbocycles. The second-order valence-electron chi connectivity index (χ2n) is 8.07. The van der Waals surface area contributed by atoms with E-state index in [1.54, 1.807) is 0 Å². The van der Waals surface area contributed by atoms with Crippen LogP contribution in [0.3, 0.4) is 0 Å². The van der Waals surface area contributed by atoms with Crippen molar-refractivity contribution < 1.29 is 9.94 Å². The van der Waals surface area contributed by atoms with Crippen LogP contribution in [0.2, 0.25) is 0 Å². The molecule has 1 N–H and O–H groups in total. The summed E-state index contributed by atoms with van der Waals surface area (Å²) in [5, 5.41) is 13.0. The maximum Gasteiger partial charge on any atom is 0.119 e.